The van der Waals surface area contributed by atoms with Gasteiger partial charge in [-0.25, -0.2) is 0 Å². The molecule has 0 aliphatic rings. The Labute approximate surface area is 84.1 Å². The first-order chi connectivity index (χ1) is 5.31. The SMILES string of the molecule is CC(=O)SC[C@H](C)SC(C)(C)C. The molecule has 0 unspecified atom stereocenters. The van der Waals surface area contributed by atoms with E-state index in [0.29, 0.717) is 10.00 Å². The van der Waals surface area contributed by atoms with Crippen molar-refractivity contribution in [2.75, 3.05) is 5.75 Å². The molecule has 0 heterocycles. The Morgan fingerprint density at radius 3 is 2.25 bits per heavy atom. The summed E-state index contributed by atoms with van der Waals surface area (Å²) >= 11 is 3.35. The summed E-state index contributed by atoms with van der Waals surface area (Å²) in [5.74, 6) is 0.928. The molecule has 12 heavy (non-hydrogen) atoms. The van der Waals surface area contributed by atoms with E-state index in [2.05, 4.69) is 27.7 Å². The van der Waals surface area contributed by atoms with E-state index in [9.17, 15) is 4.79 Å². The molecule has 3 heteroatoms. The van der Waals surface area contributed by atoms with Crippen molar-refractivity contribution in [3.63, 3.8) is 0 Å². The fourth-order valence-corrected chi connectivity index (χ4v) is 3.03. The summed E-state index contributed by atoms with van der Waals surface area (Å²) in [6.07, 6.45) is 0. The number of hydrogen-bond acceptors (Lipinski definition) is 3. The highest BCUT2D eigenvalue weighted by Crippen LogP contribution is 2.29. The van der Waals surface area contributed by atoms with Crippen LogP contribution in [0.2, 0.25) is 0 Å². The van der Waals surface area contributed by atoms with Crippen LogP contribution in [0.5, 0.6) is 0 Å². The van der Waals surface area contributed by atoms with Gasteiger partial charge in [-0.3, -0.25) is 4.79 Å². The molecule has 0 saturated carbocycles. The standard InChI is InChI=1S/C9H18OS2/c1-7(6-11-8(2)10)12-9(3,4)5/h7H,6H2,1-5H3/t7-/m0/s1. The van der Waals surface area contributed by atoms with Gasteiger partial charge in [-0.15, -0.1) is 0 Å². The zero-order valence-electron chi connectivity index (χ0n) is 8.51. The largest absolute Gasteiger partial charge is 0.288 e. The maximum Gasteiger partial charge on any atom is 0.185 e. The number of hydrogen-bond donors (Lipinski definition) is 0. The van der Waals surface area contributed by atoms with Gasteiger partial charge in [0.2, 0.25) is 0 Å². The quantitative estimate of drug-likeness (QED) is 0.706. The smallest absolute Gasteiger partial charge is 0.185 e. The minimum atomic E-state index is 0.219. The molecule has 72 valence electrons. The van der Waals surface area contributed by atoms with E-state index in [1.807, 2.05) is 11.8 Å². The van der Waals surface area contributed by atoms with Crippen LogP contribution in [0.15, 0.2) is 0 Å². The summed E-state index contributed by atoms with van der Waals surface area (Å²) in [4.78, 5) is 10.7. The van der Waals surface area contributed by atoms with E-state index in [4.69, 9.17) is 0 Å². The summed E-state index contributed by atoms with van der Waals surface area (Å²) in [6.45, 7) is 10.4. The van der Waals surface area contributed by atoms with Crippen LogP contribution in [0.25, 0.3) is 0 Å². The lowest BCUT2D eigenvalue weighted by atomic mass is 10.3. The van der Waals surface area contributed by atoms with Crippen molar-refractivity contribution in [3.8, 4) is 0 Å². The molecule has 0 rings (SSSR count). The van der Waals surface area contributed by atoms with Crippen molar-refractivity contribution in [1.29, 1.82) is 0 Å². The van der Waals surface area contributed by atoms with Crippen LogP contribution in [0.3, 0.4) is 0 Å². The molecule has 0 aromatic rings. The second-order valence-electron chi connectivity index (χ2n) is 3.84. The molecule has 1 atom stereocenters. The highest BCUT2D eigenvalue weighted by atomic mass is 32.2. The molecule has 0 radical (unpaired) electrons. The van der Waals surface area contributed by atoms with E-state index >= 15 is 0 Å². The third-order valence-electron chi connectivity index (χ3n) is 1.08. The van der Waals surface area contributed by atoms with Gasteiger partial charge in [-0.1, -0.05) is 39.5 Å². The number of rotatable bonds is 3. The highest BCUT2D eigenvalue weighted by Gasteiger charge is 2.15. The molecular formula is C9H18OS2. The zero-order chi connectivity index (χ0) is 9.78. The van der Waals surface area contributed by atoms with Gasteiger partial charge >= 0.3 is 0 Å². The minimum absolute atomic E-state index is 0.219. The van der Waals surface area contributed by atoms with Crippen molar-refractivity contribution in [1.82, 2.24) is 0 Å². The average molecular weight is 206 g/mol. The Balaban J connectivity index is 3.60. The molecular weight excluding hydrogens is 188 g/mol. The zero-order valence-corrected chi connectivity index (χ0v) is 10.1. The topological polar surface area (TPSA) is 17.1 Å². The summed E-state index contributed by atoms with van der Waals surface area (Å²) in [7, 11) is 0. The second kappa shape index (κ2) is 5.18. The van der Waals surface area contributed by atoms with Crippen molar-refractivity contribution in [2.45, 2.75) is 44.6 Å². The summed E-state index contributed by atoms with van der Waals surface area (Å²) in [6, 6.07) is 0. The molecule has 1 nitrogen and oxygen atoms in total. The molecule has 0 bridgehead atoms. The normalized spacial score (nSPS) is 14.4. The van der Waals surface area contributed by atoms with Crippen LogP contribution in [0.1, 0.15) is 34.6 Å². The van der Waals surface area contributed by atoms with Gasteiger partial charge in [-0.2, -0.15) is 11.8 Å². The number of carbonyl (C=O) groups is 1. The molecule has 0 aromatic heterocycles. The average Bonchev–Trinajstić information content (AvgIpc) is 1.79. The van der Waals surface area contributed by atoms with Gasteiger partial charge in [0, 0.05) is 22.7 Å². The van der Waals surface area contributed by atoms with Crippen molar-refractivity contribution in [2.24, 2.45) is 0 Å². The van der Waals surface area contributed by atoms with Gasteiger partial charge in [0.1, 0.15) is 0 Å². The van der Waals surface area contributed by atoms with Crippen LogP contribution in [0.4, 0.5) is 0 Å². The molecule has 0 saturated heterocycles. The minimum Gasteiger partial charge on any atom is -0.288 e. The lowest BCUT2D eigenvalue weighted by Crippen LogP contribution is -2.15. The fourth-order valence-electron chi connectivity index (χ4n) is 0.872. The van der Waals surface area contributed by atoms with Gasteiger partial charge < -0.3 is 0 Å². The predicted octanol–water partition coefficient (Wildman–Crippen LogP) is 3.19. The van der Waals surface area contributed by atoms with E-state index < -0.39 is 0 Å². The van der Waals surface area contributed by atoms with Crippen LogP contribution >= 0.6 is 23.5 Å². The monoisotopic (exact) mass is 206 g/mol. The lowest BCUT2D eigenvalue weighted by molar-refractivity contribution is -0.109. The van der Waals surface area contributed by atoms with Gasteiger partial charge in [0.15, 0.2) is 5.12 Å². The molecule has 0 amide bonds. The Kier molecular flexibility index (Phi) is 5.34. The first-order valence-corrected chi connectivity index (χ1v) is 5.99. The number of thioether (sulfide) groups is 2. The van der Waals surface area contributed by atoms with E-state index in [-0.39, 0.29) is 5.12 Å². The number of carbonyl (C=O) groups excluding carboxylic acids is 1. The molecule has 0 N–H and O–H groups in total. The fraction of sp³-hybridized carbons (Fsp3) is 0.889. The van der Waals surface area contributed by atoms with Gasteiger partial charge in [0.25, 0.3) is 0 Å². The van der Waals surface area contributed by atoms with Crippen molar-refractivity contribution < 1.29 is 4.79 Å². The Hall–Kier alpha value is 0.370. The van der Waals surface area contributed by atoms with Crippen molar-refractivity contribution in [3.05, 3.63) is 0 Å². The third-order valence-corrected chi connectivity index (χ3v) is 3.64. The molecule has 0 aliphatic carbocycles. The summed E-state index contributed by atoms with van der Waals surface area (Å²) in [5.41, 5.74) is 0. The van der Waals surface area contributed by atoms with Crippen LogP contribution in [0, 0.1) is 0 Å². The highest BCUT2D eigenvalue weighted by molar-refractivity contribution is 8.14. The first kappa shape index (κ1) is 12.4. The lowest BCUT2D eigenvalue weighted by Gasteiger charge is -2.22. The van der Waals surface area contributed by atoms with Crippen molar-refractivity contribution >= 4 is 28.6 Å². The Morgan fingerprint density at radius 2 is 1.92 bits per heavy atom. The van der Waals surface area contributed by atoms with Crippen LogP contribution in [-0.2, 0) is 4.79 Å². The summed E-state index contributed by atoms with van der Waals surface area (Å²) < 4.78 is 0.302. The molecule has 0 spiro atoms. The van der Waals surface area contributed by atoms with Crippen LogP contribution < -0.4 is 0 Å². The van der Waals surface area contributed by atoms with Crippen LogP contribution in [-0.4, -0.2) is 20.9 Å². The Bertz CT molecular complexity index is 149. The van der Waals surface area contributed by atoms with Gasteiger partial charge in [-0.05, 0) is 0 Å². The van der Waals surface area contributed by atoms with E-state index in [0.717, 1.165) is 5.75 Å². The second-order valence-corrected chi connectivity index (χ2v) is 7.31. The molecule has 0 fully saturated rings. The molecule has 0 aromatic carbocycles. The first-order valence-electron chi connectivity index (χ1n) is 4.12. The van der Waals surface area contributed by atoms with E-state index in [1.54, 1.807) is 6.92 Å². The van der Waals surface area contributed by atoms with Gasteiger partial charge in [0.05, 0.1) is 0 Å². The summed E-state index contributed by atoms with van der Waals surface area (Å²) in [5, 5.41) is 0.773. The maximum atomic E-state index is 10.7. The predicted molar refractivity (Wildman–Crippen MR) is 59.9 cm³/mol. The third kappa shape index (κ3) is 8.47. The Morgan fingerprint density at radius 1 is 1.42 bits per heavy atom. The maximum absolute atomic E-state index is 10.7. The van der Waals surface area contributed by atoms with E-state index in [1.165, 1.54) is 11.8 Å². The molecule has 0 aliphatic heterocycles.